The van der Waals surface area contributed by atoms with E-state index in [1.165, 1.54) is 19.3 Å². The van der Waals surface area contributed by atoms with Gasteiger partial charge in [-0.25, -0.2) is 0 Å². The number of hydrogen-bond donors (Lipinski definition) is 2. The van der Waals surface area contributed by atoms with E-state index >= 15 is 0 Å². The quantitative estimate of drug-likeness (QED) is 0.771. The summed E-state index contributed by atoms with van der Waals surface area (Å²) in [7, 11) is 0. The number of rotatable bonds is 3. The second-order valence-corrected chi connectivity index (χ2v) is 7.16. The predicted molar refractivity (Wildman–Crippen MR) is 106 cm³/mol. The summed E-state index contributed by atoms with van der Waals surface area (Å²) in [6.07, 6.45) is 3.66. The van der Waals surface area contributed by atoms with Crippen LogP contribution in [0.25, 0.3) is 0 Å². The molecule has 0 radical (unpaired) electrons. The van der Waals surface area contributed by atoms with Gasteiger partial charge in [-0.1, -0.05) is 11.6 Å². The Hall–Kier alpha value is -2.20. The molecule has 5 heteroatoms. The van der Waals surface area contributed by atoms with E-state index in [2.05, 4.69) is 24.1 Å². The van der Waals surface area contributed by atoms with Gasteiger partial charge in [0.05, 0.1) is 11.4 Å². The van der Waals surface area contributed by atoms with Crippen LogP contribution in [-0.4, -0.2) is 18.5 Å². The van der Waals surface area contributed by atoms with Crippen LogP contribution in [0.15, 0.2) is 36.4 Å². The predicted octanol–water partition coefficient (Wildman–Crippen LogP) is 4.86. The Morgan fingerprint density at radius 2 is 1.96 bits per heavy atom. The number of nitrogen functional groups attached to an aromatic ring is 1. The van der Waals surface area contributed by atoms with Crippen LogP contribution in [0, 0.1) is 6.92 Å². The summed E-state index contributed by atoms with van der Waals surface area (Å²) in [6.45, 7) is 5.36. The largest absolute Gasteiger partial charge is 0.397 e. The fraction of sp³-hybridized carbons (Fsp3) is 0.350. The molecule has 25 heavy (non-hydrogen) atoms. The number of carbonyl (C=O) groups excluding carboxylic acids is 1. The molecule has 1 amide bonds. The Morgan fingerprint density at radius 1 is 1.24 bits per heavy atom. The summed E-state index contributed by atoms with van der Waals surface area (Å²) < 4.78 is 0. The van der Waals surface area contributed by atoms with E-state index in [1.54, 1.807) is 24.3 Å². The highest BCUT2D eigenvalue weighted by Crippen LogP contribution is 2.33. The highest BCUT2D eigenvalue weighted by Gasteiger charge is 2.21. The summed E-state index contributed by atoms with van der Waals surface area (Å²) >= 11 is 5.88. The van der Waals surface area contributed by atoms with Crippen molar-refractivity contribution in [1.29, 1.82) is 0 Å². The Labute approximate surface area is 154 Å². The van der Waals surface area contributed by atoms with Crippen molar-refractivity contribution in [2.24, 2.45) is 0 Å². The Balaban J connectivity index is 1.87. The second-order valence-electron chi connectivity index (χ2n) is 6.73. The van der Waals surface area contributed by atoms with E-state index < -0.39 is 0 Å². The van der Waals surface area contributed by atoms with Crippen LogP contribution in [0.5, 0.6) is 0 Å². The van der Waals surface area contributed by atoms with Gasteiger partial charge in [-0.2, -0.15) is 0 Å². The van der Waals surface area contributed by atoms with Crippen LogP contribution in [0.4, 0.5) is 17.1 Å². The van der Waals surface area contributed by atoms with E-state index in [0.717, 1.165) is 17.8 Å². The van der Waals surface area contributed by atoms with Gasteiger partial charge in [0, 0.05) is 28.9 Å². The summed E-state index contributed by atoms with van der Waals surface area (Å²) in [5, 5.41) is 3.54. The SMILES string of the molecule is Cc1cc(N)c(NC(=O)c2ccc(Cl)cc2)cc1N1CCCCC1C. The minimum Gasteiger partial charge on any atom is -0.397 e. The number of amides is 1. The number of nitrogens with two attached hydrogens (primary N) is 1. The van der Waals surface area contributed by atoms with Crippen LogP contribution in [0.3, 0.4) is 0 Å². The number of halogens is 1. The fourth-order valence-electron chi connectivity index (χ4n) is 3.39. The topological polar surface area (TPSA) is 58.4 Å². The van der Waals surface area contributed by atoms with Crippen LogP contribution in [-0.2, 0) is 0 Å². The van der Waals surface area contributed by atoms with Crippen molar-refractivity contribution in [1.82, 2.24) is 0 Å². The molecule has 1 heterocycles. The van der Waals surface area contributed by atoms with Crippen molar-refractivity contribution >= 4 is 34.6 Å². The van der Waals surface area contributed by atoms with Crippen molar-refractivity contribution < 1.29 is 4.79 Å². The normalized spacial score (nSPS) is 17.4. The molecular weight excluding hydrogens is 334 g/mol. The van der Waals surface area contributed by atoms with E-state index in [9.17, 15) is 4.79 Å². The molecule has 4 nitrogen and oxygen atoms in total. The first-order chi connectivity index (χ1) is 12.0. The molecule has 2 aromatic rings. The second kappa shape index (κ2) is 7.36. The molecule has 3 N–H and O–H groups in total. The smallest absolute Gasteiger partial charge is 0.255 e. The Morgan fingerprint density at radius 3 is 2.64 bits per heavy atom. The van der Waals surface area contributed by atoms with Gasteiger partial charge in [0.2, 0.25) is 0 Å². The number of nitrogens with one attached hydrogen (secondary N) is 1. The Bertz CT molecular complexity index is 773. The molecule has 0 bridgehead atoms. The standard InChI is InChI=1S/C20H24ClN3O/c1-13-11-17(22)18(12-19(13)24-10-4-3-5-14(24)2)23-20(25)15-6-8-16(21)9-7-15/h6-9,11-12,14H,3-5,10,22H2,1-2H3,(H,23,25). The molecule has 132 valence electrons. The molecule has 3 rings (SSSR count). The summed E-state index contributed by atoms with van der Waals surface area (Å²) in [5.74, 6) is -0.190. The first-order valence-electron chi connectivity index (χ1n) is 8.69. The number of nitrogens with zero attached hydrogens (tertiary/aromatic N) is 1. The zero-order valence-corrected chi connectivity index (χ0v) is 15.4. The van der Waals surface area contributed by atoms with E-state index in [0.29, 0.717) is 28.0 Å². The van der Waals surface area contributed by atoms with E-state index in [1.807, 2.05) is 12.1 Å². The lowest BCUT2D eigenvalue weighted by Gasteiger charge is -2.36. The molecule has 2 aromatic carbocycles. The summed E-state index contributed by atoms with van der Waals surface area (Å²) in [4.78, 5) is 14.9. The molecule has 1 atom stereocenters. The van der Waals surface area contributed by atoms with Gasteiger partial charge in [0.25, 0.3) is 5.91 Å². The van der Waals surface area contributed by atoms with Crippen LogP contribution in [0.2, 0.25) is 5.02 Å². The molecule has 1 saturated heterocycles. The zero-order chi connectivity index (χ0) is 18.0. The average molecular weight is 358 g/mol. The molecule has 0 aromatic heterocycles. The number of benzene rings is 2. The van der Waals surface area contributed by atoms with Gasteiger partial charge in [-0.3, -0.25) is 4.79 Å². The maximum Gasteiger partial charge on any atom is 0.255 e. The lowest BCUT2D eigenvalue weighted by molar-refractivity contribution is 0.102. The maximum atomic E-state index is 12.5. The average Bonchev–Trinajstić information content (AvgIpc) is 2.58. The maximum absolute atomic E-state index is 12.5. The van der Waals surface area contributed by atoms with Crippen molar-refractivity contribution in [3.05, 3.63) is 52.5 Å². The van der Waals surface area contributed by atoms with Gasteiger partial charge in [0.15, 0.2) is 0 Å². The lowest BCUT2D eigenvalue weighted by Crippen LogP contribution is -2.37. The monoisotopic (exact) mass is 357 g/mol. The number of aryl methyl sites for hydroxylation is 1. The van der Waals surface area contributed by atoms with Crippen LogP contribution in [0.1, 0.15) is 42.1 Å². The molecular formula is C20H24ClN3O. The zero-order valence-electron chi connectivity index (χ0n) is 14.7. The van der Waals surface area contributed by atoms with Gasteiger partial charge < -0.3 is 16.0 Å². The highest BCUT2D eigenvalue weighted by molar-refractivity contribution is 6.30. The lowest BCUT2D eigenvalue weighted by atomic mass is 10.0. The summed E-state index contributed by atoms with van der Waals surface area (Å²) in [6, 6.07) is 11.3. The first kappa shape index (κ1) is 17.6. The molecule has 1 fully saturated rings. The molecule has 1 aliphatic rings. The first-order valence-corrected chi connectivity index (χ1v) is 9.07. The van der Waals surface area contributed by atoms with Crippen molar-refractivity contribution in [2.45, 2.75) is 39.2 Å². The van der Waals surface area contributed by atoms with Crippen molar-refractivity contribution in [3.63, 3.8) is 0 Å². The number of hydrogen-bond acceptors (Lipinski definition) is 3. The highest BCUT2D eigenvalue weighted by atomic mass is 35.5. The minimum absolute atomic E-state index is 0.190. The fourth-order valence-corrected chi connectivity index (χ4v) is 3.51. The third-order valence-corrected chi connectivity index (χ3v) is 5.09. The number of carbonyl (C=O) groups is 1. The molecule has 0 spiro atoms. The van der Waals surface area contributed by atoms with Crippen LogP contribution < -0.4 is 16.0 Å². The van der Waals surface area contributed by atoms with Gasteiger partial charge in [0.1, 0.15) is 0 Å². The number of anilines is 3. The van der Waals surface area contributed by atoms with Gasteiger partial charge >= 0.3 is 0 Å². The van der Waals surface area contributed by atoms with Crippen LogP contribution >= 0.6 is 11.6 Å². The molecule has 0 aliphatic carbocycles. The minimum atomic E-state index is -0.190. The summed E-state index contributed by atoms with van der Waals surface area (Å²) in [5.41, 5.74) is 10.2. The molecule has 1 aliphatic heterocycles. The van der Waals surface area contributed by atoms with E-state index in [-0.39, 0.29) is 5.91 Å². The third kappa shape index (κ3) is 3.90. The third-order valence-electron chi connectivity index (χ3n) is 4.84. The Kier molecular flexibility index (Phi) is 5.19. The van der Waals surface area contributed by atoms with Gasteiger partial charge in [-0.05, 0) is 75.1 Å². The van der Waals surface area contributed by atoms with E-state index in [4.69, 9.17) is 17.3 Å². The number of piperidine rings is 1. The van der Waals surface area contributed by atoms with Crippen molar-refractivity contribution in [2.75, 3.05) is 22.5 Å². The van der Waals surface area contributed by atoms with Crippen molar-refractivity contribution in [3.8, 4) is 0 Å². The molecule has 0 saturated carbocycles. The molecule has 1 unspecified atom stereocenters. The van der Waals surface area contributed by atoms with Gasteiger partial charge in [-0.15, -0.1) is 0 Å².